The summed E-state index contributed by atoms with van der Waals surface area (Å²) in [6.07, 6.45) is -1.47. The largest absolute Gasteiger partial charge is 0.417 e. The number of alkyl halides is 3. The Hall–Kier alpha value is -2.81. The second kappa shape index (κ2) is 8.52. The van der Waals surface area contributed by atoms with E-state index in [1.807, 2.05) is 11.0 Å². The van der Waals surface area contributed by atoms with Crippen LogP contribution in [-0.2, 0) is 12.7 Å². The zero-order chi connectivity index (χ0) is 23.1. The van der Waals surface area contributed by atoms with Gasteiger partial charge in [-0.1, -0.05) is 30.3 Å². The monoisotopic (exact) mass is 459 g/mol. The zero-order valence-corrected chi connectivity index (χ0v) is 18.4. The highest BCUT2D eigenvalue weighted by molar-refractivity contribution is 5.75. The van der Waals surface area contributed by atoms with Crippen LogP contribution in [0.5, 0.6) is 0 Å². The highest BCUT2D eigenvalue weighted by Gasteiger charge is 2.52. The molecule has 3 aliphatic rings. The fourth-order valence-electron chi connectivity index (χ4n) is 5.35. The summed E-state index contributed by atoms with van der Waals surface area (Å²) in [5.74, 6) is 0.508. The highest BCUT2D eigenvalue weighted by Crippen LogP contribution is 2.48. The molecular weight excluding hydrogens is 431 g/mol. The number of anilines is 1. The molecule has 0 unspecified atom stereocenters. The summed E-state index contributed by atoms with van der Waals surface area (Å²) < 4.78 is 38.1. The molecule has 2 aromatic rings. The minimum Gasteiger partial charge on any atom is -0.353 e. The van der Waals surface area contributed by atoms with Crippen molar-refractivity contribution in [1.29, 1.82) is 0 Å². The number of likely N-dealkylation sites (tertiary alicyclic amines) is 1. The van der Waals surface area contributed by atoms with Gasteiger partial charge in [0, 0.05) is 58.1 Å². The topological polar surface area (TPSA) is 51.7 Å². The first-order valence-corrected chi connectivity index (χ1v) is 11.4. The number of carbonyl (C=O) groups excluding carboxylic acids is 1. The van der Waals surface area contributed by atoms with E-state index in [0.717, 1.165) is 44.7 Å². The van der Waals surface area contributed by atoms with Crippen molar-refractivity contribution in [3.63, 3.8) is 0 Å². The van der Waals surface area contributed by atoms with Crippen molar-refractivity contribution in [1.82, 2.24) is 20.1 Å². The van der Waals surface area contributed by atoms with Crippen molar-refractivity contribution in [3.8, 4) is 0 Å². The second-order valence-corrected chi connectivity index (χ2v) is 9.56. The van der Waals surface area contributed by atoms with Crippen LogP contribution in [0.3, 0.4) is 0 Å². The summed E-state index contributed by atoms with van der Waals surface area (Å²) in [6.45, 7) is 5.32. The first kappa shape index (κ1) is 22.0. The Morgan fingerprint density at radius 2 is 1.73 bits per heavy atom. The molecule has 0 radical (unpaired) electrons. The van der Waals surface area contributed by atoms with E-state index in [-0.39, 0.29) is 12.1 Å². The number of halogens is 3. The van der Waals surface area contributed by atoms with E-state index in [2.05, 4.69) is 39.5 Å². The van der Waals surface area contributed by atoms with E-state index >= 15 is 0 Å². The summed E-state index contributed by atoms with van der Waals surface area (Å²) >= 11 is 0. The van der Waals surface area contributed by atoms with Crippen LogP contribution >= 0.6 is 0 Å². The van der Waals surface area contributed by atoms with Crippen molar-refractivity contribution in [3.05, 3.63) is 59.8 Å². The Morgan fingerprint density at radius 1 is 1.03 bits per heavy atom. The van der Waals surface area contributed by atoms with Crippen molar-refractivity contribution in [2.45, 2.75) is 31.6 Å². The summed E-state index contributed by atoms with van der Waals surface area (Å²) in [6, 6.07) is 13.1. The van der Waals surface area contributed by atoms with Gasteiger partial charge in [-0.25, -0.2) is 9.78 Å². The van der Waals surface area contributed by atoms with Gasteiger partial charge in [0.05, 0.1) is 5.56 Å². The summed E-state index contributed by atoms with van der Waals surface area (Å²) in [5.41, 5.74) is 0.944. The average Bonchev–Trinajstić information content (AvgIpc) is 2.76. The standard InChI is InChI=1S/C24H28F3N5O/c25-24(26,27)19-6-7-21(28-14-19)31-8-10-32(11-9-31)22(33)29-20-12-23(13-20)16-30(17-23)15-18-4-2-1-3-5-18/h1-7,14,20H,8-13,15-17H2,(H,29,33). The molecule has 1 aromatic heterocycles. The van der Waals surface area contributed by atoms with Gasteiger partial charge in [0.25, 0.3) is 0 Å². The third-order valence-corrected chi connectivity index (χ3v) is 7.02. The van der Waals surface area contributed by atoms with Crippen molar-refractivity contribution in [2.24, 2.45) is 5.41 Å². The highest BCUT2D eigenvalue weighted by atomic mass is 19.4. The predicted octanol–water partition coefficient (Wildman–Crippen LogP) is 3.60. The number of nitrogens with one attached hydrogen (secondary N) is 1. The van der Waals surface area contributed by atoms with Gasteiger partial charge in [-0.3, -0.25) is 4.90 Å². The van der Waals surface area contributed by atoms with E-state index in [4.69, 9.17) is 0 Å². The number of aromatic nitrogens is 1. The van der Waals surface area contributed by atoms with Gasteiger partial charge in [-0.05, 0) is 36.0 Å². The molecule has 2 aliphatic heterocycles. The van der Waals surface area contributed by atoms with Crippen LogP contribution in [0.4, 0.5) is 23.8 Å². The number of carbonyl (C=O) groups is 1. The number of amides is 2. The predicted molar refractivity (Wildman–Crippen MR) is 119 cm³/mol. The van der Waals surface area contributed by atoms with Gasteiger partial charge in [0.1, 0.15) is 5.82 Å². The number of pyridine rings is 1. The van der Waals surface area contributed by atoms with Crippen molar-refractivity contribution in [2.75, 3.05) is 44.2 Å². The summed E-state index contributed by atoms with van der Waals surface area (Å²) in [4.78, 5) is 22.8. The SMILES string of the molecule is O=C(NC1CC2(C1)CN(Cc1ccccc1)C2)N1CCN(c2ccc(C(F)(F)F)cn2)CC1. The van der Waals surface area contributed by atoms with Gasteiger partial charge in [0.2, 0.25) is 0 Å². The zero-order valence-electron chi connectivity index (χ0n) is 18.4. The van der Waals surface area contributed by atoms with Gasteiger partial charge in [-0.15, -0.1) is 0 Å². The van der Waals surface area contributed by atoms with Crippen LogP contribution in [0.25, 0.3) is 0 Å². The molecule has 9 heteroatoms. The fourth-order valence-corrected chi connectivity index (χ4v) is 5.35. The Labute approximate surface area is 191 Å². The molecule has 1 saturated carbocycles. The van der Waals surface area contributed by atoms with Gasteiger partial charge in [-0.2, -0.15) is 13.2 Å². The molecular formula is C24H28F3N5O. The lowest BCUT2D eigenvalue weighted by molar-refractivity contribution is -0.137. The lowest BCUT2D eigenvalue weighted by atomic mass is 9.60. The maximum Gasteiger partial charge on any atom is 0.417 e. The molecule has 1 spiro atoms. The summed E-state index contributed by atoms with van der Waals surface area (Å²) in [5, 5.41) is 3.16. The second-order valence-electron chi connectivity index (χ2n) is 9.56. The molecule has 1 aromatic carbocycles. The smallest absolute Gasteiger partial charge is 0.353 e. The third-order valence-electron chi connectivity index (χ3n) is 7.02. The van der Waals surface area contributed by atoms with Crippen LogP contribution in [0.1, 0.15) is 24.0 Å². The van der Waals surface area contributed by atoms with Crippen LogP contribution in [0.15, 0.2) is 48.7 Å². The van der Waals surface area contributed by atoms with E-state index < -0.39 is 11.7 Å². The molecule has 2 saturated heterocycles. The quantitative estimate of drug-likeness (QED) is 0.759. The van der Waals surface area contributed by atoms with E-state index in [9.17, 15) is 18.0 Å². The van der Waals surface area contributed by atoms with Gasteiger partial charge >= 0.3 is 12.2 Å². The molecule has 33 heavy (non-hydrogen) atoms. The Bertz CT molecular complexity index is 960. The number of piperazine rings is 1. The Balaban J connectivity index is 1.03. The average molecular weight is 460 g/mol. The first-order valence-electron chi connectivity index (χ1n) is 11.4. The number of rotatable bonds is 4. The number of urea groups is 1. The molecule has 176 valence electrons. The van der Waals surface area contributed by atoms with Crippen LogP contribution in [0, 0.1) is 5.41 Å². The maximum absolute atomic E-state index is 12.7. The number of nitrogens with zero attached hydrogens (tertiary/aromatic N) is 4. The minimum absolute atomic E-state index is 0.0460. The maximum atomic E-state index is 12.7. The number of benzene rings is 1. The molecule has 1 N–H and O–H groups in total. The van der Waals surface area contributed by atoms with Crippen molar-refractivity contribution >= 4 is 11.8 Å². The Kier molecular flexibility index (Phi) is 5.68. The molecule has 5 rings (SSSR count). The lowest BCUT2D eigenvalue weighted by Gasteiger charge is -2.59. The third kappa shape index (κ3) is 4.78. The number of hydrogen-bond donors (Lipinski definition) is 1. The van der Waals surface area contributed by atoms with Crippen LogP contribution in [-0.4, -0.2) is 66.1 Å². The molecule has 3 heterocycles. The van der Waals surface area contributed by atoms with Crippen LogP contribution in [0.2, 0.25) is 0 Å². The molecule has 0 atom stereocenters. The number of hydrogen-bond acceptors (Lipinski definition) is 4. The van der Waals surface area contributed by atoms with E-state index in [1.54, 1.807) is 4.90 Å². The Morgan fingerprint density at radius 3 is 2.33 bits per heavy atom. The molecule has 3 fully saturated rings. The fraction of sp³-hybridized carbons (Fsp3) is 0.500. The van der Waals surface area contributed by atoms with Crippen LogP contribution < -0.4 is 10.2 Å². The molecule has 1 aliphatic carbocycles. The van der Waals surface area contributed by atoms with E-state index in [1.165, 1.54) is 11.6 Å². The normalized spacial score (nSPS) is 20.9. The lowest BCUT2D eigenvalue weighted by Crippen LogP contribution is -2.67. The van der Waals surface area contributed by atoms with Gasteiger partial charge < -0.3 is 15.1 Å². The first-order chi connectivity index (χ1) is 15.8. The molecule has 6 nitrogen and oxygen atoms in total. The van der Waals surface area contributed by atoms with E-state index in [0.29, 0.717) is 37.4 Å². The molecule has 2 amide bonds. The minimum atomic E-state index is -4.39. The summed E-state index contributed by atoms with van der Waals surface area (Å²) in [7, 11) is 0. The molecule has 0 bridgehead atoms. The van der Waals surface area contributed by atoms with Crippen molar-refractivity contribution < 1.29 is 18.0 Å². The van der Waals surface area contributed by atoms with Gasteiger partial charge in [0.15, 0.2) is 0 Å².